The highest BCUT2D eigenvalue weighted by Gasteiger charge is 2.31. The van der Waals surface area contributed by atoms with E-state index in [0.29, 0.717) is 0 Å². The topological polar surface area (TPSA) is 70.1 Å². The van der Waals surface area contributed by atoms with Crippen molar-refractivity contribution in [2.24, 2.45) is 0 Å². The molecule has 1 heterocycles. The molecule has 0 unspecified atom stereocenters. The number of aromatic nitrogens is 2. The lowest BCUT2D eigenvalue weighted by molar-refractivity contribution is 0.172. The molecular formula is C13H22N4O. The van der Waals surface area contributed by atoms with Gasteiger partial charge in [0.2, 0.25) is 0 Å². The van der Waals surface area contributed by atoms with Crippen molar-refractivity contribution in [3.05, 3.63) is 12.4 Å². The molecule has 0 atom stereocenters. The van der Waals surface area contributed by atoms with Crippen LogP contribution in [-0.2, 0) is 0 Å². The molecule has 0 spiro atoms. The number of rotatable bonds is 5. The zero-order valence-electron chi connectivity index (χ0n) is 10.9. The largest absolute Gasteiger partial charge is 0.394 e. The van der Waals surface area contributed by atoms with Gasteiger partial charge in [-0.3, -0.25) is 0 Å². The normalized spacial score (nSPS) is 18.3. The minimum atomic E-state index is -0.198. The number of hydrogen-bond donors (Lipinski definition) is 3. The molecule has 0 bridgehead atoms. The summed E-state index contributed by atoms with van der Waals surface area (Å²) in [7, 11) is 0. The molecule has 100 valence electrons. The first-order valence-corrected chi connectivity index (χ1v) is 6.73. The van der Waals surface area contributed by atoms with Crippen LogP contribution in [0, 0.1) is 0 Å². The van der Waals surface area contributed by atoms with Gasteiger partial charge >= 0.3 is 0 Å². The SMILES string of the molecule is CCNc1cc(NC2(CO)CCCCC2)ncn1. The van der Waals surface area contributed by atoms with E-state index in [1.807, 2.05) is 13.0 Å². The van der Waals surface area contributed by atoms with Crippen LogP contribution >= 0.6 is 0 Å². The summed E-state index contributed by atoms with van der Waals surface area (Å²) in [6.45, 7) is 3.03. The van der Waals surface area contributed by atoms with Gasteiger partial charge in [-0.25, -0.2) is 9.97 Å². The van der Waals surface area contributed by atoms with Gasteiger partial charge in [-0.2, -0.15) is 0 Å². The fourth-order valence-electron chi connectivity index (χ4n) is 2.53. The van der Waals surface area contributed by atoms with Crippen molar-refractivity contribution in [2.45, 2.75) is 44.6 Å². The molecule has 5 nitrogen and oxygen atoms in total. The maximum Gasteiger partial charge on any atom is 0.131 e. The Labute approximate surface area is 108 Å². The van der Waals surface area contributed by atoms with E-state index in [1.165, 1.54) is 19.3 Å². The highest BCUT2D eigenvalue weighted by atomic mass is 16.3. The Morgan fingerprint density at radius 2 is 1.94 bits per heavy atom. The van der Waals surface area contributed by atoms with E-state index in [1.54, 1.807) is 6.33 Å². The lowest BCUT2D eigenvalue weighted by Crippen LogP contribution is -2.44. The van der Waals surface area contributed by atoms with Crippen LogP contribution in [-0.4, -0.2) is 33.8 Å². The molecule has 1 aromatic heterocycles. The summed E-state index contributed by atoms with van der Waals surface area (Å²) in [6.07, 6.45) is 7.15. The Bertz CT molecular complexity index is 377. The van der Waals surface area contributed by atoms with Crippen LogP contribution in [0.2, 0.25) is 0 Å². The molecule has 1 aliphatic rings. The van der Waals surface area contributed by atoms with Crippen LogP contribution in [0.3, 0.4) is 0 Å². The molecule has 1 aliphatic carbocycles. The van der Waals surface area contributed by atoms with E-state index in [-0.39, 0.29) is 12.1 Å². The van der Waals surface area contributed by atoms with Crippen molar-refractivity contribution in [1.29, 1.82) is 0 Å². The van der Waals surface area contributed by atoms with E-state index < -0.39 is 0 Å². The van der Waals surface area contributed by atoms with Crippen LogP contribution in [0.4, 0.5) is 11.6 Å². The lowest BCUT2D eigenvalue weighted by Gasteiger charge is -2.36. The third-order valence-corrected chi connectivity index (χ3v) is 3.53. The number of aliphatic hydroxyl groups is 1. The minimum absolute atomic E-state index is 0.160. The molecule has 0 aromatic carbocycles. The Kier molecular flexibility index (Phi) is 4.36. The van der Waals surface area contributed by atoms with Crippen molar-refractivity contribution in [3.8, 4) is 0 Å². The number of anilines is 2. The van der Waals surface area contributed by atoms with E-state index in [0.717, 1.165) is 31.0 Å². The maximum atomic E-state index is 9.65. The Balaban J connectivity index is 2.08. The predicted molar refractivity (Wildman–Crippen MR) is 72.7 cm³/mol. The minimum Gasteiger partial charge on any atom is -0.394 e. The summed E-state index contributed by atoms with van der Waals surface area (Å²) in [5.74, 6) is 1.61. The first kappa shape index (κ1) is 13.1. The van der Waals surface area contributed by atoms with Gasteiger partial charge in [0.1, 0.15) is 18.0 Å². The third-order valence-electron chi connectivity index (χ3n) is 3.53. The Morgan fingerprint density at radius 3 is 2.61 bits per heavy atom. The monoisotopic (exact) mass is 250 g/mol. The molecule has 1 fully saturated rings. The number of nitrogens with one attached hydrogen (secondary N) is 2. The number of aliphatic hydroxyl groups excluding tert-OH is 1. The summed E-state index contributed by atoms with van der Waals surface area (Å²) < 4.78 is 0. The van der Waals surface area contributed by atoms with Gasteiger partial charge in [0.15, 0.2) is 0 Å². The summed E-state index contributed by atoms with van der Waals surface area (Å²) >= 11 is 0. The van der Waals surface area contributed by atoms with Gasteiger partial charge < -0.3 is 15.7 Å². The second kappa shape index (κ2) is 6.00. The summed E-state index contributed by atoms with van der Waals surface area (Å²) in [5.41, 5.74) is -0.198. The van der Waals surface area contributed by atoms with Crippen molar-refractivity contribution in [2.75, 3.05) is 23.8 Å². The van der Waals surface area contributed by atoms with Crippen LogP contribution < -0.4 is 10.6 Å². The van der Waals surface area contributed by atoms with E-state index in [4.69, 9.17) is 0 Å². The molecule has 18 heavy (non-hydrogen) atoms. The molecule has 0 amide bonds. The van der Waals surface area contributed by atoms with Gasteiger partial charge in [-0.15, -0.1) is 0 Å². The molecular weight excluding hydrogens is 228 g/mol. The van der Waals surface area contributed by atoms with Crippen LogP contribution in [0.15, 0.2) is 12.4 Å². The van der Waals surface area contributed by atoms with Gasteiger partial charge in [0.25, 0.3) is 0 Å². The Morgan fingerprint density at radius 1 is 1.22 bits per heavy atom. The van der Waals surface area contributed by atoms with Gasteiger partial charge in [-0.1, -0.05) is 19.3 Å². The standard InChI is InChI=1S/C13H22N4O/c1-2-14-11-8-12(16-10-15-11)17-13(9-18)6-4-3-5-7-13/h8,10,18H,2-7,9H2,1H3,(H2,14,15,16,17). The third kappa shape index (κ3) is 3.10. The average molecular weight is 250 g/mol. The van der Waals surface area contributed by atoms with Crippen molar-refractivity contribution >= 4 is 11.6 Å². The fourth-order valence-corrected chi connectivity index (χ4v) is 2.53. The smallest absolute Gasteiger partial charge is 0.131 e. The second-order valence-corrected chi connectivity index (χ2v) is 4.94. The van der Waals surface area contributed by atoms with E-state index in [9.17, 15) is 5.11 Å². The van der Waals surface area contributed by atoms with Crippen LogP contribution in [0.25, 0.3) is 0 Å². The second-order valence-electron chi connectivity index (χ2n) is 4.94. The van der Waals surface area contributed by atoms with Crippen molar-refractivity contribution in [3.63, 3.8) is 0 Å². The van der Waals surface area contributed by atoms with E-state index >= 15 is 0 Å². The molecule has 0 aliphatic heterocycles. The first-order valence-electron chi connectivity index (χ1n) is 6.73. The maximum absolute atomic E-state index is 9.65. The quantitative estimate of drug-likeness (QED) is 0.746. The molecule has 1 saturated carbocycles. The summed E-state index contributed by atoms with van der Waals surface area (Å²) in [6, 6.07) is 1.90. The molecule has 0 saturated heterocycles. The fraction of sp³-hybridized carbons (Fsp3) is 0.692. The van der Waals surface area contributed by atoms with Crippen molar-refractivity contribution < 1.29 is 5.11 Å². The molecule has 0 radical (unpaired) electrons. The average Bonchev–Trinajstić information content (AvgIpc) is 2.41. The Hall–Kier alpha value is -1.36. The highest BCUT2D eigenvalue weighted by molar-refractivity contribution is 5.48. The summed E-state index contributed by atoms with van der Waals surface area (Å²) in [4.78, 5) is 8.38. The van der Waals surface area contributed by atoms with Crippen molar-refractivity contribution in [1.82, 2.24) is 9.97 Å². The first-order chi connectivity index (χ1) is 8.78. The molecule has 5 heteroatoms. The predicted octanol–water partition coefficient (Wildman–Crippen LogP) is 2.02. The zero-order valence-corrected chi connectivity index (χ0v) is 10.9. The van der Waals surface area contributed by atoms with Gasteiger partial charge in [-0.05, 0) is 19.8 Å². The molecule has 2 rings (SSSR count). The number of hydrogen-bond acceptors (Lipinski definition) is 5. The molecule has 1 aromatic rings. The zero-order chi connectivity index (χ0) is 12.8. The molecule has 3 N–H and O–H groups in total. The van der Waals surface area contributed by atoms with Gasteiger partial charge in [0.05, 0.1) is 12.1 Å². The van der Waals surface area contributed by atoms with Crippen LogP contribution in [0.1, 0.15) is 39.0 Å². The number of nitrogens with zero attached hydrogens (tertiary/aromatic N) is 2. The summed E-state index contributed by atoms with van der Waals surface area (Å²) in [5, 5.41) is 16.2. The van der Waals surface area contributed by atoms with E-state index in [2.05, 4.69) is 20.6 Å². The highest BCUT2D eigenvalue weighted by Crippen LogP contribution is 2.31. The lowest BCUT2D eigenvalue weighted by atomic mass is 9.82. The van der Waals surface area contributed by atoms with Gasteiger partial charge in [0, 0.05) is 12.6 Å². The van der Waals surface area contributed by atoms with Crippen LogP contribution in [0.5, 0.6) is 0 Å².